The van der Waals surface area contributed by atoms with E-state index in [0.717, 1.165) is 18.4 Å². The van der Waals surface area contributed by atoms with Crippen LogP contribution in [0.15, 0.2) is 23.3 Å². The lowest BCUT2D eigenvalue weighted by molar-refractivity contribution is -0.112. The molecule has 0 amide bonds. The predicted molar refractivity (Wildman–Crippen MR) is 61.5 cm³/mol. The van der Waals surface area contributed by atoms with E-state index in [9.17, 15) is 9.90 Å². The summed E-state index contributed by atoms with van der Waals surface area (Å²) in [6, 6.07) is 0. The van der Waals surface area contributed by atoms with Gasteiger partial charge in [-0.3, -0.25) is 4.79 Å². The second-order valence-electron chi connectivity index (χ2n) is 4.91. The van der Waals surface area contributed by atoms with Crippen LogP contribution in [-0.2, 0) is 4.79 Å². The highest BCUT2D eigenvalue weighted by Gasteiger charge is 2.34. The molecule has 1 atom stereocenters. The monoisotopic (exact) mass is 208 g/mol. The van der Waals surface area contributed by atoms with Gasteiger partial charge in [0, 0.05) is 5.41 Å². The SMILES string of the molecule is CC(=O)C=CC1=C(C)CCC(O)C1(C)C. The molecule has 15 heavy (non-hydrogen) atoms. The summed E-state index contributed by atoms with van der Waals surface area (Å²) in [6.45, 7) is 7.67. The van der Waals surface area contributed by atoms with Crippen LogP contribution in [0.1, 0.15) is 40.5 Å². The van der Waals surface area contributed by atoms with Gasteiger partial charge in [-0.25, -0.2) is 0 Å². The zero-order valence-corrected chi connectivity index (χ0v) is 10.0. The lowest BCUT2D eigenvalue weighted by Crippen LogP contribution is -2.34. The molecular weight excluding hydrogens is 188 g/mol. The molecule has 0 fully saturated rings. The molecule has 1 aliphatic rings. The fraction of sp³-hybridized carbons (Fsp3) is 0.615. The molecule has 0 aliphatic heterocycles. The summed E-state index contributed by atoms with van der Waals surface area (Å²) in [5, 5.41) is 9.94. The van der Waals surface area contributed by atoms with Crippen LogP contribution in [0.5, 0.6) is 0 Å². The number of hydrogen-bond donors (Lipinski definition) is 1. The van der Waals surface area contributed by atoms with Gasteiger partial charge in [-0.15, -0.1) is 0 Å². The first-order chi connectivity index (χ1) is 6.85. The van der Waals surface area contributed by atoms with Crippen molar-refractivity contribution in [1.29, 1.82) is 0 Å². The summed E-state index contributed by atoms with van der Waals surface area (Å²) in [4.78, 5) is 10.9. The van der Waals surface area contributed by atoms with Gasteiger partial charge in [0.2, 0.25) is 0 Å². The fourth-order valence-corrected chi connectivity index (χ4v) is 2.14. The van der Waals surface area contributed by atoms with E-state index in [1.54, 1.807) is 13.0 Å². The van der Waals surface area contributed by atoms with Gasteiger partial charge in [-0.1, -0.05) is 25.5 Å². The van der Waals surface area contributed by atoms with E-state index in [1.165, 1.54) is 5.57 Å². The quantitative estimate of drug-likeness (QED) is 0.708. The van der Waals surface area contributed by atoms with Crippen molar-refractivity contribution in [3.05, 3.63) is 23.3 Å². The lowest BCUT2D eigenvalue weighted by atomic mass is 9.70. The minimum absolute atomic E-state index is 0.0474. The molecule has 0 saturated heterocycles. The molecule has 0 spiro atoms. The Morgan fingerprint density at radius 1 is 1.53 bits per heavy atom. The molecule has 1 aliphatic carbocycles. The van der Waals surface area contributed by atoms with Crippen molar-refractivity contribution >= 4 is 5.78 Å². The number of allylic oxidation sites excluding steroid dienone is 3. The minimum Gasteiger partial charge on any atom is -0.392 e. The van der Waals surface area contributed by atoms with Gasteiger partial charge in [0.1, 0.15) is 0 Å². The summed E-state index contributed by atoms with van der Waals surface area (Å²) in [7, 11) is 0. The number of carbonyl (C=O) groups is 1. The third-order valence-corrected chi connectivity index (χ3v) is 3.26. The fourth-order valence-electron chi connectivity index (χ4n) is 2.14. The zero-order chi connectivity index (χ0) is 11.6. The van der Waals surface area contributed by atoms with E-state index in [1.807, 2.05) is 19.9 Å². The smallest absolute Gasteiger partial charge is 0.152 e. The molecule has 0 aromatic rings. The van der Waals surface area contributed by atoms with Crippen LogP contribution in [0.3, 0.4) is 0 Å². The Hall–Kier alpha value is -0.890. The Morgan fingerprint density at radius 2 is 2.13 bits per heavy atom. The average molecular weight is 208 g/mol. The van der Waals surface area contributed by atoms with E-state index >= 15 is 0 Å². The second-order valence-corrected chi connectivity index (χ2v) is 4.91. The molecule has 84 valence electrons. The van der Waals surface area contributed by atoms with Crippen LogP contribution in [0.25, 0.3) is 0 Å². The molecule has 0 radical (unpaired) electrons. The predicted octanol–water partition coefficient (Wildman–Crippen LogP) is 2.63. The van der Waals surface area contributed by atoms with E-state index in [4.69, 9.17) is 0 Å². The maximum atomic E-state index is 10.9. The Labute approximate surface area is 91.7 Å². The van der Waals surface area contributed by atoms with Gasteiger partial charge >= 0.3 is 0 Å². The first-order valence-corrected chi connectivity index (χ1v) is 5.42. The maximum Gasteiger partial charge on any atom is 0.152 e. The van der Waals surface area contributed by atoms with Crippen molar-refractivity contribution in [2.75, 3.05) is 0 Å². The molecule has 2 nitrogen and oxygen atoms in total. The molecule has 0 heterocycles. The summed E-state index contributed by atoms with van der Waals surface area (Å²) >= 11 is 0. The Morgan fingerprint density at radius 3 is 2.67 bits per heavy atom. The highest BCUT2D eigenvalue weighted by atomic mass is 16.3. The maximum absolute atomic E-state index is 10.9. The molecule has 1 N–H and O–H groups in total. The summed E-state index contributed by atoms with van der Waals surface area (Å²) in [6.07, 6.45) is 4.87. The topological polar surface area (TPSA) is 37.3 Å². The lowest BCUT2D eigenvalue weighted by Gasteiger charge is -2.37. The molecule has 2 heteroatoms. The Bertz CT molecular complexity index is 321. The van der Waals surface area contributed by atoms with Crippen molar-refractivity contribution in [1.82, 2.24) is 0 Å². The zero-order valence-electron chi connectivity index (χ0n) is 10.0. The van der Waals surface area contributed by atoms with E-state index in [2.05, 4.69) is 6.92 Å². The summed E-state index contributed by atoms with van der Waals surface area (Å²) in [5.41, 5.74) is 2.15. The number of aliphatic hydroxyl groups is 1. The van der Waals surface area contributed by atoms with E-state index < -0.39 is 0 Å². The summed E-state index contributed by atoms with van der Waals surface area (Å²) < 4.78 is 0. The molecule has 0 aromatic carbocycles. The van der Waals surface area contributed by atoms with Gasteiger partial charge in [-0.2, -0.15) is 0 Å². The van der Waals surface area contributed by atoms with Crippen LogP contribution in [0.2, 0.25) is 0 Å². The number of aliphatic hydroxyl groups excluding tert-OH is 1. The highest BCUT2D eigenvalue weighted by molar-refractivity contribution is 5.87. The van der Waals surface area contributed by atoms with Crippen molar-refractivity contribution in [2.24, 2.45) is 5.41 Å². The standard InChI is InChI=1S/C13H20O2/c1-9-5-8-12(15)13(3,4)11(9)7-6-10(2)14/h6-7,12,15H,5,8H2,1-4H3. The second kappa shape index (κ2) is 4.31. The van der Waals surface area contributed by atoms with Gasteiger partial charge in [0.25, 0.3) is 0 Å². The van der Waals surface area contributed by atoms with Gasteiger partial charge < -0.3 is 5.11 Å². The highest BCUT2D eigenvalue weighted by Crippen LogP contribution is 2.40. The summed E-state index contributed by atoms with van der Waals surface area (Å²) in [5.74, 6) is 0.0474. The Balaban J connectivity index is 3.05. The van der Waals surface area contributed by atoms with Gasteiger partial charge in [0.15, 0.2) is 5.78 Å². The third kappa shape index (κ3) is 2.57. The van der Waals surface area contributed by atoms with Gasteiger partial charge in [-0.05, 0) is 38.3 Å². The van der Waals surface area contributed by atoms with Gasteiger partial charge in [0.05, 0.1) is 6.10 Å². The van der Waals surface area contributed by atoms with Crippen LogP contribution in [-0.4, -0.2) is 17.0 Å². The minimum atomic E-state index is -0.312. The molecule has 1 unspecified atom stereocenters. The van der Waals surface area contributed by atoms with Crippen LogP contribution >= 0.6 is 0 Å². The average Bonchev–Trinajstić information content (AvgIpc) is 2.11. The molecule has 0 aromatic heterocycles. The molecule has 0 bridgehead atoms. The van der Waals surface area contributed by atoms with Crippen LogP contribution < -0.4 is 0 Å². The van der Waals surface area contributed by atoms with Crippen molar-refractivity contribution in [3.8, 4) is 0 Å². The molecular formula is C13H20O2. The van der Waals surface area contributed by atoms with Crippen molar-refractivity contribution in [2.45, 2.75) is 46.6 Å². The number of hydrogen-bond acceptors (Lipinski definition) is 2. The number of ketones is 1. The van der Waals surface area contributed by atoms with Crippen molar-refractivity contribution in [3.63, 3.8) is 0 Å². The van der Waals surface area contributed by atoms with Crippen LogP contribution in [0.4, 0.5) is 0 Å². The third-order valence-electron chi connectivity index (χ3n) is 3.26. The first-order valence-electron chi connectivity index (χ1n) is 5.42. The Kier molecular flexibility index (Phi) is 3.50. The number of carbonyl (C=O) groups excluding carboxylic acids is 1. The van der Waals surface area contributed by atoms with E-state index in [0.29, 0.717) is 0 Å². The number of rotatable bonds is 2. The largest absolute Gasteiger partial charge is 0.392 e. The molecule has 0 saturated carbocycles. The molecule has 1 rings (SSSR count). The van der Waals surface area contributed by atoms with E-state index in [-0.39, 0.29) is 17.3 Å². The van der Waals surface area contributed by atoms with Crippen LogP contribution in [0, 0.1) is 5.41 Å². The van der Waals surface area contributed by atoms with Crippen molar-refractivity contribution < 1.29 is 9.90 Å². The normalized spacial score (nSPS) is 26.1. The first kappa shape index (κ1) is 12.2.